The Kier molecular flexibility index (Phi) is 5.43. The molecule has 2 aromatic heterocycles. The van der Waals surface area contributed by atoms with Crippen LogP contribution in [0.2, 0.25) is 0 Å². The van der Waals surface area contributed by atoms with Gasteiger partial charge in [0.05, 0.1) is 5.25 Å². The van der Waals surface area contributed by atoms with E-state index in [0.717, 1.165) is 11.8 Å². The van der Waals surface area contributed by atoms with E-state index < -0.39 is 22.3 Å². The normalized spacial score (nSPS) is 12.8. The second-order valence-electron chi connectivity index (χ2n) is 4.41. The number of halogens is 3. The zero-order valence-electron chi connectivity index (χ0n) is 12.2. The lowest BCUT2D eigenvalue weighted by molar-refractivity contribution is -0.138. The molecule has 1 atom stereocenters. The number of alkyl halides is 3. The van der Waals surface area contributed by atoms with Gasteiger partial charge < -0.3 is 11.5 Å². The third-order valence-electron chi connectivity index (χ3n) is 2.55. The van der Waals surface area contributed by atoms with Crippen LogP contribution in [0.4, 0.5) is 29.9 Å². The summed E-state index contributed by atoms with van der Waals surface area (Å²) in [4.78, 5) is 20.1. The molecule has 8 nitrogen and oxygen atoms in total. The van der Waals surface area contributed by atoms with Gasteiger partial charge in [-0.1, -0.05) is 30.0 Å². The average Bonchev–Trinajstić information content (AvgIpc) is 2.92. The van der Waals surface area contributed by atoms with Gasteiger partial charge in [0.25, 0.3) is 0 Å². The maximum absolute atomic E-state index is 12.5. The molecule has 0 bridgehead atoms. The summed E-state index contributed by atoms with van der Waals surface area (Å²) in [5, 5.41) is 6.77. The Morgan fingerprint density at radius 3 is 2.46 bits per heavy atom. The molecule has 0 aromatic carbocycles. The number of hydrogen-bond donors (Lipinski definition) is 3. The maximum Gasteiger partial charge on any atom is 0.445 e. The predicted molar refractivity (Wildman–Crippen MR) is 84.3 cm³/mol. The lowest BCUT2D eigenvalue weighted by atomic mass is 10.3. The number of carbonyl (C=O) groups excluding carboxylic acids is 1. The van der Waals surface area contributed by atoms with Gasteiger partial charge in [-0.2, -0.15) is 13.2 Å². The van der Waals surface area contributed by atoms with E-state index in [1.165, 1.54) is 6.07 Å². The van der Waals surface area contributed by atoms with Gasteiger partial charge in [0.15, 0.2) is 5.16 Å². The van der Waals surface area contributed by atoms with Gasteiger partial charge in [0.1, 0.15) is 11.6 Å². The maximum atomic E-state index is 12.5. The predicted octanol–water partition coefficient (Wildman–Crippen LogP) is 2.02. The van der Waals surface area contributed by atoms with E-state index in [2.05, 4.69) is 25.5 Å². The number of amides is 1. The van der Waals surface area contributed by atoms with Crippen molar-refractivity contribution in [3.05, 3.63) is 11.1 Å². The van der Waals surface area contributed by atoms with Crippen molar-refractivity contribution in [3.63, 3.8) is 0 Å². The minimum absolute atomic E-state index is 0.152. The molecule has 2 heterocycles. The largest absolute Gasteiger partial charge is 0.445 e. The number of nitrogens with two attached hydrogens (primary N) is 2. The standard InChI is InChI=1S/C11H12F3N7OS2/c1-2-4(23-9-17-5(15)3-6(16)18-9)7(22)19-10-21-20-8(24-10)11(12,13)14/h3-4H,2H2,1H3,(H,19,21,22)(H4,15,16,17,18)/t4-/m1/s1. The summed E-state index contributed by atoms with van der Waals surface area (Å²) in [6.45, 7) is 1.73. The molecule has 130 valence electrons. The molecule has 5 N–H and O–H groups in total. The van der Waals surface area contributed by atoms with Crippen LogP contribution in [0, 0.1) is 0 Å². The fraction of sp³-hybridized carbons (Fsp3) is 0.364. The molecule has 0 spiro atoms. The first kappa shape index (κ1) is 18.2. The molecular formula is C11H12F3N7OS2. The van der Waals surface area contributed by atoms with E-state index in [4.69, 9.17) is 11.5 Å². The number of nitrogens with one attached hydrogen (secondary N) is 1. The van der Waals surface area contributed by atoms with Crippen LogP contribution in [-0.4, -0.2) is 31.3 Å². The van der Waals surface area contributed by atoms with Crippen LogP contribution in [0.1, 0.15) is 18.4 Å². The minimum atomic E-state index is -4.60. The number of anilines is 3. The molecule has 2 aromatic rings. The summed E-state index contributed by atoms with van der Waals surface area (Å²) in [5.74, 6) is -0.240. The van der Waals surface area contributed by atoms with Gasteiger partial charge >= 0.3 is 6.18 Å². The smallest absolute Gasteiger partial charge is 0.383 e. The van der Waals surface area contributed by atoms with E-state index in [0.29, 0.717) is 6.42 Å². The second-order valence-corrected chi connectivity index (χ2v) is 6.56. The number of nitrogens with zero attached hydrogens (tertiary/aromatic N) is 4. The number of aromatic nitrogens is 4. The minimum Gasteiger partial charge on any atom is -0.383 e. The van der Waals surface area contributed by atoms with Crippen LogP contribution >= 0.6 is 23.1 Å². The van der Waals surface area contributed by atoms with Crippen molar-refractivity contribution in [2.75, 3.05) is 16.8 Å². The zero-order chi connectivity index (χ0) is 17.9. The summed E-state index contributed by atoms with van der Waals surface area (Å²) >= 11 is 1.24. The SMILES string of the molecule is CC[C@@H](Sc1nc(N)cc(N)n1)C(=O)Nc1nnc(C(F)(F)F)s1. The summed E-state index contributed by atoms with van der Waals surface area (Å²) in [6, 6.07) is 1.37. The number of nitrogen functional groups attached to an aromatic ring is 2. The summed E-state index contributed by atoms with van der Waals surface area (Å²) < 4.78 is 37.4. The Bertz CT molecular complexity index is 716. The van der Waals surface area contributed by atoms with Crippen LogP contribution in [0.25, 0.3) is 0 Å². The lowest BCUT2D eigenvalue weighted by Crippen LogP contribution is -2.24. The van der Waals surface area contributed by atoms with E-state index in [-0.39, 0.29) is 33.3 Å². The summed E-state index contributed by atoms with van der Waals surface area (Å²) in [5.41, 5.74) is 11.1. The number of thioether (sulfide) groups is 1. The lowest BCUT2D eigenvalue weighted by Gasteiger charge is -2.12. The van der Waals surface area contributed by atoms with Crippen molar-refractivity contribution in [2.24, 2.45) is 0 Å². The third kappa shape index (κ3) is 4.67. The Morgan fingerprint density at radius 1 is 1.33 bits per heavy atom. The number of hydrogen-bond acceptors (Lipinski definition) is 9. The number of rotatable bonds is 5. The van der Waals surface area contributed by atoms with Gasteiger partial charge in [-0.15, -0.1) is 10.2 Å². The molecule has 2 rings (SSSR count). The van der Waals surface area contributed by atoms with Gasteiger partial charge in [0, 0.05) is 6.07 Å². The highest BCUT2D eigenvalue weighted by Gasteiger charge is 2.36. The highest BCUT2D eigenvalue weighted by Crippen LogP contribution is 2.33. The topological polar surface area (TPSA) is 133 Å². The van der Waals surface area contributed by atoms with Crippen LogP contribution in [0.3, 0.4) is 0 Å². The van der Waals surface area contributed by atoms with Gasteiger partial charge in [0.2, 0.25) is 16.0 Å². The van der Waals surface area contributed by atoms with Crippen LogP contribution in [0.5, 0.6) is 0 Å². The average molecular weight is 379 g/mol. The Labute approximate surface area is 142 Å². The van der Waals surface area contributed by atoms with Crippen molar-refractivity contribution >= 4 is 45.8 Å². The molecule has 0 saturated heterocycles. The van der Waals surface area contributed by atoms with E-state index in [1.807, 2.05) is 0 Å². The fourth-order valence-corrected chi connectivity index (χ4v) is 3.06. The first-order valence-electron chi connectivity index (χ1n) is 6.47. The highest BCUT2D eigenvalue weighted by molar-refractivity contribution is 8.00. The van der Waals surface area contributed by atoms with E-state index >= 15 is 0 Å². The first-order valence-corrected chi connectivity index (χ1v) is 8.17. The van der Waals surface area contributed by atoms with Crippen molar-refractivity contribution in [2.45, 2.75) is 29.9 Å². The van der Waals surface area contributed by atoms with Crippen molar-refractivity contribution in [3.8, 4) is 0 Å². The molecule has 0 aliphatic carbocycles. The molecule has 24 heavy (non-hydrogen) atoms. The quantitative estimate of drug-likeness (QED) is 0.531. The molecule has 1 amide bonds. The highest BCUT2D eigenvalue weighted by atomic mass is 32.2. The molecule has 0 fully saturated rings. The van der Waals surface area contributed by atoms with Crippen molar-refractivity contribution < 1.29 is 18.0 Å². The Morgan fingerprint density at radius 2 is 1.96 bits per heavy atom. The Hall–Kier alpha value is -2.15. The first-order chi connectivity index (χ1) is 11.2. The third-order valence-corrected chi connectivity index (χ3v) is 4.66. The van der Waals surface area contributed by atoms with E-state index in [1.54, 1.807) is 6.92 Å². The zero-order valence-corrected chi connectivity index (χ0v) is 13.8. The molecule has 0 saturated carbocycles. The van der Waals surface area contributed by atoms with E-state index in [9.17, 15) is 18.0 Å². The van der Waals surface area contributed by atoms with Gasteiger partial charge in [-0.25, -0.2) is 9.97 Å². The van der Waals surface area contributed by atoms with Gasteiger partial charge in [-0.05, 0) is 6.42 Å². The Balaban J connectivity index is 2.07. The fourth-order valence-electron chi connectivity index (χ4n) is 1.54. The summed E-state index contributed by atoms with van der Waals surface area (Å²) in [7, 11) is 0. The molecule has 13 heteroatoms. The van der Waals surface area contributed by atoms with Crippen molar-refractivity contribution in [1.82, 2.24) is 20.2 Å². The van der Waals surface area contributed by atoms with Gasteiger partial charge in [-0.3, -0.25) is 10.1 Å². The molecule has 0 radical (unpaired) electrons. The van der Waals surface area contributed by atoms with Crippen molar-refractivity contribution in [1.29, 1.82) is 0 Å². The van der Waals surface area contributed by atoms with Crippen LogP contribution in [0.15, 0.2) is 11.2 Å². The molecule has 0 unspecified atom stereocenters. The number of carbonyl (C=O) groups is 1. The molecular weight excluding hydrogens is 367 g/mol. The molecule has 0 aliphatic rings. The monoisotopic (exact) mass is 379 g/mol. The molecule has 0 aliphatic heterocycles. The van der Waals surface area contributed by atoms with Crippen LogP contribution in [-0.2, 0) is 11.0 Å². The summed E-state index contributed by atoms with van der Waals surface area (Å²) in [6.07, 6.45) is -4.23. The second kappa shape index (κ2) is 7.17. The van der Waals surface area contributed by atoms with Crippen LogP contribution < -0.4 is 16.8 Å².